The van der Waals surface area contributed by atoms with E-state index in [4.69, 9.17) is 0 Å². The van der Waals surface area contributed by atoms with Crippen molar-refractivity contribution >= 4 is 28.3 Å². The molecule has 0 aromatic carbocycles. The molecule has 17 heavy (non-hydrogen) atoms. The summed E-state index contributed by atoms with van der Waals surface area (Å²) in [5.41, 5.74) is 0. The highest BCUT2D eigenvalue weighted by Crippen LogP contribution is 2.20. The van der Waals surface area contributed by atoms with Gasteiger partial charge in [-0.1, -0.05) is 25.6 Å². The van der Waals surface area contributed by atoms with Gasteiger partial charge in [0, 0.05) is 22.9 Å². The van der Waals surface area contributed by atoms with Crippen LogP contribution < -0.4 is 5.32 Å². The van der Waals surface area contributed by atoms with Crippen molar-refractivity contribution in [3.63, 3.8) is 0 Å². The molecule has 0 saturated carbocycles. The van der Waals surface area contributed by atoms with Crippen LogP contribution >= 0.6 is 23.1 Å². The average molecular weight is 269 g/mol. The highest BCUT2D eigenvalue weighted by atomic mass is 32.2. The fraction of sp³-hybridized carbons (Fsp3) is 0.667. The molecule has 1 aromatic heterocycles. The van der Waals surface area contributed by atoms with Crippen LogP contribution in [0.3, 0.4) is 0 Å². The molecule has 1 saturated heterocycles. The molecular formula is C12H19N3S2. The van der Waals surface area contributed by atoms with Gasteiger partial charge in [0.2, 0.25) is 0 Å². The van der Waals surface area contributed by atoms with E-state index in [1.165, 1.54) is 11.3 Å². The molecule has 0 bridgehead atoms. The van der Waals surface area contributed by atoms with E-state index in [0.717, 1.165) is 28.4 Å². The Labute approximate surface area is 111 Å². The van der Waals surface area contributed by atoms with Gasteiger partial charge in [-0.2, -0.15) is 0 Å². The molecule has 1 N–H and O–H groups in total. The molecule has 2 rings (SSSR count). The summed E-state index contributed by atoms with van der Waals surface area (Å²) in [6.45, 7) is 7.32. The summed E-state index contributed by atoms with van der Waals surface area (Å²) >= 11 is 3.57. The predicted molar refractivity (Wildman–Crippen MR) is 76.8 cm³/mol. The molecular weight excluding hydrogens is 250 g/mol. The lowest BCUT2D eigenvalue weighted by Gasteiger charge is -2.11. The van der Waals surface area contributed by atoms with Crippen molar-refractivity contribution in [1.29, 1.82) is 0 Å². The Balaban J connectivity index is 1.83. The van der Waals surface area contributed by atoms with Gasteiger partial charge in [0.05, 0.1) is 11.6 Å². The number of nitrogens with one attached hydrogen (secondary N) is 1. The maximum Gasteiger partial charge on any atom is 0.157 e. The maximum atomic E-state index is 4.60. The van der Waals surface area contributed by atoms with Gasteiger partial charge >= 0.3 is 0 Å². The Morgan fingerprint density at radius 1 is 1.59 bits per heavy atom. The number of aromatic nitrogens is 1. The second-order valence-electron chi connectivity index (χ2n) is 4.75. The first-order valence-corrected chi connectivity index (χ1v) is 7.79. The standard InChI is InChI=1S/C12H19N3S2/c1-8(2)4-10-7-16-12(15-10)14-6-11-5-13-9(3)17-11/h5,8,10H,4,6-7H2,1-3H3,(H,14,15). The van der Waals surface area contributed by atoms with Crippen LogP contribution in [0, 0.1) is 12.8 Å². The van der Waals surface area contributed by atoms with Gasteiger partial charge < -0.3 is 5.32 Å². The summed E-state index contributed by atoms with van der Waals surface area (Å²) in [5, 5.41) is 5.71. The molecule has 1 aliphatic heterocycles. The van der Waals surface area contributed by atoms with Crippen LogP contribution in [0.4, 0.5) is 0 Å². The zero-order valence-electron chi connectivity index (χ0n) is 10.6. The normalized spacial score (nSPS) is 22.4. The van der Waals surface area contributed by atoms with E-state index in [2.05, 4.69) is 29.1 Å². The fourth-order valence-electron chi connectivity index (χ4n) is 1.85. The van der Waals surface area contributed by atoms with Crippen molar-refractivity contribution < 1.29 is 0 Å². The second-order valence-corrected chi connectivity index (χ2v) is 7.08. The first kappa shape index (κ1) is 12.9. The van der Waals surface area contributed by atoms with Crippen molar-refractivity contribution in [3.8, 4) is 0 Å². The monoisotopic (exact) mass is 269 g/mol. The SMILES string of the molecule is Cc1ncc(CN=C2NC(CC(C)C)CS2)s1. The van der Waals surface area contributed by atoms with Crippen molar-refractivity contribution in [3.05, 3.63) is 16.1 Å². The molecule has 0 amide bonds. The molecule has 1 atom stereocenters. The first-order chi connectivity index (χ1) is 8.13. The van der Waals surface area contributed by atoms with Crippen molar-refractivity contribution in [2.75, 3.05) is 5.75 Å². The highest BCUT2D eigenvalue weighted by molar-refractivity contribution is 8.14. The van der Waals surface area contributed by atoms with Crippen molar-refractivity contribution in [1.82, 2.24) is 10.3 Å². The quantitative estimate of drug-likeness (QED) is 0.913. The Bertz CT molecular complexity index is 398. The van der Waals surface area contributed by atoms with E-state index in [-0.39, 0.29) is 0 Å². The van der Waals surface area contributed by atoms with Crippen molar-refractivity contribution in [2.45, 2.75) is 39.8 Å². The Kier molecular flexibility index (Phi) is 4.45. The molecule has 1 fully saturated rings. The van der Waals surface area contributed by atoms with Gasteiger partial charge in [0.15, 0.2) is 5.17 Å². The third-order valence-electron chi connectivity index (χ3n) is 2.55. The van der Waals surface area contributed by atoms with Crippen molar-refractivity contribution in [2.24, 2.45) is 10.9 Å². The van der Waals surface area contributed by atoms with Gasteiger partial charge in [0.1, 0.15) is 0 Å². The highest BCUT2D eigenvalue weighted by Gasteiger charge is 2.20. The molecule has 94 valence electrons. The molecule has 0 aliphatic carbocycles. The molecule has 0 spiro atoms. The first-order valence-electron chi connectivity index (χ1n) is 5.98. The van der Waals surface area contributed by atoms with E-state index < -0.39 is 0 Å². The number of hydrogen-bond acceptors (Lipinski definition) is 4. The molecule has 1 unspecified atom stereocenters. The van der Waals surface area contributed by atoms with Crippen LogP contribution in [0.5, 0.6) is 0 Å². The van der Waals surface area contributed by atoms with E-state index >= 15 is 0 Å². The number of aliphatic imine (C=N–C) groups is 1. The third kappa shape index (κ3) is 4.00. The fourth-order valence-corrected chi connectivity index (χ4v) is 3.56. The lowest BCUT2D eigenvalue weighted by Crippen LogP contribution is -2.28. The topological polar surface area (TPSA) is 37.3 Å². The molecule has 1 aromatic rings. The summed E-state index contributed by atoms with van der Waals surface area (Å²) in [6.07, 6.45) is 3.15. The summed E-state index contributed by atoms with van der Waals surface area (Å²) < 4.78 is 0. The number of rotatable bonds is 4. The number of hydrogen-bond donors (Lipinski definition) is 1. The van der Waals surface area contributed by atoms with Gasteiger partial charge in [-0.15, -0.1) is 11.3 Å². The molecule has 2 heterocycles. The van der Waals surface area contributed by atoms with E-state index in [0.29, 0.717) is 6.04 Å². The van der Waals surface area contributed by atoms with E-state index in [1.54, 1.807) is 11.3 Å². The smallest absolute Gasteiger partial charge is 0.157 e. The lowest BCUT2D eigenvalue weighted by atomic mass is 10.1. The summed E-state index contributed by atoms with van der Waals surface area (Å²) in [6, 6.07) is 0.599. The Hall–Kier alpha value is -0.550. The van der Waals surface area contributed by atoms with Gasteiger partial charge in [-0.05, 0) is 19.3 Å². The largest absolute Gasteiger partial charge is 0.361 e. The van der Waals surface area contributed by atoms with Crippen LogP contribution in [0.2, 0.25) is 0 Å². The molecule has 1 aliphatic rings. The zero-order chi connectivity index (χ0) is 12.3. The molecule has 3 nitrogen and oxygen atoms in total. The Morgan fingerprint density at radius 3 is 3.06 bits per heavy atom. The van der Waals surface area contributed by atoms with Gasteiger partial charge in [-0.3, -0.25) is 4.99 Å². The number of thiazole rings is 1. The minimum Gasteiger partial charge on any atom is -0.361 e. The summed E-state index contributed by atoms with van der Waals surface area (Å²) in [7, 11) is 0. The number of aryl methyl sites for hydroxylation is 1. The predicted octanol–water partition coefficient (Wildman–Crippen LogP) is 3.06. The lowest BCUT2D eigenvalue weighted by molar-refractivity contribution is 0.502. The van der Waals surface area contributed by atoms with Crippen LogP contribution in [-0.2, 0) is 6.54 Å². The minimum atomic E-state index is 0.599. The minimum absolute atomic E-state index is 0.599. The molecule has 5 heteroatoms. The summed E-state index contributed by atoms with van der Waals surface area (Å²) in [5.74, 6) is 1.90. The third-order valence-corrected chi connectivity index (χ3v) is 4.54. The van der Waals surface area contributed by atoms with Crippen LogP contribution in [0.15, 0.2) is 11.2 Å². The van der Waals surface area contributed by atoms with Gasteiger partial charge in [-0.25, -0.2) is 4.98 Å². The zero-order valence-corrected chi connectivity index (χ0v) is 12.2. The van der Waals surface area contributed by atoms with E-state index in [1.807, 2.05) is 24.9 Å². The Morgan fingerprint density at radius 2 is 2.41 bits per heavy atom. The van der Waals surface area contributed by atoms with Crippen LogP contribution in [0.1, 0.15) is 30.2 Å². The second kappa shape index (κ2) is 5.87. The molecule has 0 radical (unpaired) electrons. The number of amidine groups is 1. The van der Waals surface area contributed by atoms with E-state index in [9.17, 15) is 0 Å². The van der Waals surface area contributed by atoms with Crippen LogP contribution in [0.25, 0.3) is 0 Å². The number of nitrogens with zero attached hydrogens (tertiary/aromatic N) is 2. The average Bonchev–Trinajstić information content (AvgIpc) is 2.84. The van der Waals surface area contributed by atoms with Crippen LogP contribution in [-0.4, -0.2) is 21.9 Å². The van der Waals surface area contributed by atoms with Gasteiger partial charge in [0.25, 0.3) is 0 Å². The number of thioether (sulfide) groups is 1. The maximum absolute atomic E-state index is 4.60. The summed E-state index contributed by atoms with van der Waals surface area (Å²) in [4.78, 5) is 10.1.